The number of amides is 1. The molecule has 1 rings (SSSR count). The molecule has 1 N–H and O–H groups in total. The smallest absolute Gasteiger partial charge is 0.410 e. The lowest BCUT2D eigenvalue weighted by Gasteiger charge is -2.11. The van der Waals surface area contributed by atoms with Gasteiger partial charge in [-0.15, -0.1) is 0 Å². The van der Waals surface area contributed by atoms with Crippen molar-refractivity contribution in [3.05, 3.63) is 29.8 Å². The van der Waals surface area contributed by atoms with Gasteiger partial charge >= 0.3 is 12.3 Å². The lowest BCUT2D eigenvalue weighted by Crippen LogP contribution is -2.32. The van der Waals surface area contributed by atoms with E-state index < -0.39 is 17.8 Å². The van der Waals surface area contributed by atoms with E-state index in [4.69, 9.17) is 4.74 Å². The van der Waals surface area contributed by atoms with Crippen LogP contribution in [0.25, 0.3) is 0 Å². The van der Waals surface area contributed by atoms with Crippen molar-refractivity contribution in [1.29, 1.82) is 0 Å². The minimum Gasteiger partial charge on any atom is -0.410 e. The van der Waals surface area contributed by atoms with Crippen LogP contribution in [0, 0.1) is 0 Å². The number of benzene rings is 1. The molecule has 0 saturated carbocycles. The average molecular weight is 247 g/mol. The molecule has 0 spiro atoms. The zero-order valence-corrected chi connectivity index (χ0v) is 9.34. The molecule has 0 atom stereocenters. The lowest BCUT2D eigenvalue weighted by molar-refractivity contribution is -0.137. The Labute approximate surface area is 96.6 Å². The van der Waals surface area contributed by atoms with Crippen LogP contribution in [0.4, 0.5) is 18.0 Å². The topological polar surface area (TPSA) is 38.3 Å². The van der Waals surface area contributed by atoms with E-state index in [0.717, 1.165) is 12.1 Å². The fourth-order valence-electron chi connectivity index (χ4n) is 1.11. The van der Waals surface area contributed by atoms with E-state index in [-0.39, 0.29) is 11.8 Å². The van der Waals surface area contributed by atoms with E-state index in [1.807, 2.05) is 0 Å². The number of nitrogens with one attached hydrogen (secondary N) is 1. The molecule has 0 bridgehead atoms. The van der Waals surface area contributed by atoms with Gasteiger partial charge in [-0.25, -0.2) is 4.79 Å². The molecule has 0 aliphatic rings. The monoisotopic (exact) mass is 247 g/mol. The highest BCUT2D eigenvalue weighted by Crippen LogP contribution is 2.31. The van der Waals surface area contributed by atoms with Gasteiger partial charge in [-0.3, -0.25) is 0 Å². The first-order valence-electron chi connectivity index (χ1n) is 4.94. The van der Waals surface area contributed by atoms with E-state index in [2.05, 4.69) is 5.32 Å². The molecule has 0 saturated heterocycles. The first kappa shape index (κ1) is 13.3. The highest BCUT2D eigenvalue weighted by atomic mass is 19.4. The number of halogens is 3. The van der Waals surface area contributed by atoms with Gasteiger partial charge in [-0.1, -0.05) is 6.07 Å². The van der Waals surface area contributed by atoms with Gasteiger partial charge in [-0.2, -0.15) is 13.2 Å². The number of carbonyl (C=O) groups is 1. The van der Waals surface area contributed by atoms with Gasteiger partial charge in [0, 0.05) is 6.04 Å². The summed E-state index contributed by atoms with van der Waals surface area (Å²) in [6, 6.07) is 4.01. The summed E-state index contributed by atoms with van der Waals surface area (Å²) in [6.45, 7) is 3.43. The second-order valence-electron chi connectivity index (χ2n) is 3.71. The molecule has 0 heterocycles. The summed E-state index contributed by atoms with van der Waals surface area (Å²) in [5.74, 6) is -0.141. The van der Waals surface area contributed by atoms with Crippen molar-refractivity contribution in [2.75, 3.05) is 0 Å². The maximum atomic E-state index is 12.4. The van der Waals surface area contributed by atoms with E-state index in [1.54, 1.807) is 13.8 Å². The number of hydrogen-bond donors (Lipinski definition) is 1. The quantitative estimate of drug-likeness (QED) is 0.871. The third-order valence-electron chi connectivity index (χ3n) is 1.78. The first-order valence-corrected chi connectivity index (χ1v) is 4.94. The molecule has 94 valence electrons. The highest BCUT2D eigenvalue weighted by molar-refractivity contribution is 5.70. The van der Waals surface area contributed by atoms with Crippen molar-refractivity contribution in [2.45, 2.75) is 26.1 Å². The molecule has 0 radical (unpaired) electrons. The van der Waals surface area contributed by atoms with Crippen LogP contribution in [0.1, 0.15) is 19.4 Å². The SMILES string of the molecule is CC(C)NC(=O)Oc1cccc(C(F)(F)F)c1. The summed E-state index contributed by atoms with van der Waals surface area (Å²) in [4.78, 5) is 11.2. The van der Waals surface area contributed by atoms with Crippen molar-refractivity contribution < 1.29 is 22.7 Å². The van der Waals surface area contributed by atoms with Crippen molar-refractivity contribution in [3.8, 4) is 5.75 Å². The number of carbonyl (C=O) groups excluding carboxylic acids is 1. The van der Waals surface area contributed by atoms with Gasteiger partial charge in [0.15, 0.2) is 0 Å². The zero-order valence-electron chi connectivity index (χ0n) is 9.34. The van der Waals surface area contributed by atoms with Gasteiger partial charge in [0.1, 0.15) is 5.75 Å². The number of ether oxygens (including phenoxy) is 1. The Morgan fingerprint density at radius 1 is 1.35 bits per heavy atom. The van der Waals surface area contributed by atoms with Crippen LogP contribution < -0.4 is 10.1 Å². The molecule has 6 heteroatoms. The summed E-state index contributed by atoms with van der Waals surface area (Å²) in [5, 5.41) is 2.41. The Bertz CT molecular complexity index is 402. The second kappa shape index (κ2) is 5.07. The number of hydrogen-bond acceptors (Lipinski definition) is 2. The predicted octanol–water partition coefficient (Wildman–Crippen LogP) is 3.20. The van der Waals surface area contributed by atoms with Gasteiger partial charge in [0.2, 0.25) is 0 Å². The maximum absolute atomic E-state index is 12.4. The fourth-order valence-corrected chi connectivity index (χ4v) is 1.11. The van der Waals surface area contributed by atoms with Crippen LogP contribution in [0.15, 0.2) is 24.3 Å². The van der Waals surface area contributed by atoms with E-state index >= 15 is 0 Å². The Balaban J connectivity index is 2.76. The van der Waals surface area contributed by atoms with Crippen molar-refractivity contribution in [3.63, 3.8) is 0 Å². The van der Waals surface area contributed by atoms with Gasteiger partial charge in [0.05, 0.1) is 5.56 Å². The van der Waals surface area contributed by atoms with Crippen LogP contribution in [0.5, 0.6) is 5.75 Å². The minimum atomic E-state index is -4.45. The molecular weight excluding hydrogens is 235 g/mol. The third-order valence-corrected chi connectivity index (χ3v) is 1.78. The Kier molecular flexibility index (Phi) is 3.98. The van der Waals surface area contributed by atoms with Gasteiger partial charge < -0.3 is 10.1 Å². The summed E-state index contributed by atoms with van der Waals surface area (Å²) in [5.41, 5.74) is -0.854. The maximum Gasteiger partial charge on any atom is 0.416 e. The standard InChI is InChI=1S/C11H12F3NO2/c1-7(2)15-10(16)17-9-5-3-4-8(6-9)11(12,13)14/h3-7H,1-2H3,(H,15,16). The molecule has 0 aromatic heterocycles. The van der Waals surface area contributed by atoms with Crippen LogP contribution in [-0.4, -0.2) is 12.1 Å². The van der Waals surface area contributed by atoms with E-state index in [9.17, 15) is 18.0 Å². The predicted molar refractivity (Wildman–Crippen MR) is 55.7 cm³/mol. The summed E-state index contributed by atoms with van der Waals surface area (Å²) in [7, 11) is 0. The second-order valence-corrected chi connectivity index (χ2v) is 3.71. The third kappa shape index (κ3) is 4.34. The largest absolute Gasteiger partial charge is 0.416 e. The van der Waals surface area contributed by atoms with Crippen LogP contribution >= 0.6 is 0 Å². The molecule has 3 nitrogen and oxygen atoms in total. The van der Waals surface area contributed by atoms with Crippen LogP contribution in [0.2, 0.25) is 0 Å². The molecule has 17 heavy (non-hydrogen) atoms. The average Bonchev–Trinajstić information content (AvgIpc) is 2.15. The summed E-state index contributed by atoms with van der Waals surface area (Å²) >= 11 is 0. The first-order chi connectivity index (χ1) is 7.79. The highest BCUT2D eigenvalue weighted by Gasteiger charge is 2.30. The number of rotatable bonds is 2. The molecule has 0 fully saturated rings. The molecular formula is C11H12F3NO2. The van der Waals surface area contributed by atoms with Crippen molar-refractivity contribution in [2.24, 2.45) is 0 Å². The minimum absolute atomic E-state index is 0.141. The molecule has 0 aliphatic carbocycles. The van der Waals surface area contributed by atoms with Crippen LogP contribution in [0.3, 0.4) is 0 Å². The molecule has 0 unspecified atom stereocenters. The van der Waals surface area contributed by atoms with E-state index in [0.29, 0.717) is 0 Å². The molecule has 1 amide bonds. The van der Waals surface area contributed by atoms with Gasteiger partial charge in [-0.05, 0) is 32.0 Å². The Hall–Kier alpha value is -1.72. The molecule has 1 aromatic carbocycles. The molecule has 1 aromatic rings. The Morgan fingerprint density at radius 2 is 2.00 bits per heavy atom. The summed E-state index contributed by atoms with van der Waals surface area (Å²) in [6.07, 6.45) is -5.23. The lowest BCUT2D eigenvalue weighted by atomic mass is 10.2. The summed E-state index contributed by atoms with van der Waals surface area (Å²) < 4.78 is 41.8. The molecule has 0 aliphatic heterocycles. The Morgan fingerprint density at radius 3 is 2.53 bits per heavy atom. The van der Waals surface area contributed by atoms with Gasteiger partial charge in [0.25, 0.3) is 0 Å². The van der Waals surface area contributed by atoms with Crippen molar-refractivity contribution >= 4 is 6.09 Å². The zero-order chi connectivity index (χ0) is 13.1. The fraction of sp³-hybridized carbons (Fsp3) is 0.364. The normalized spacial score (nSPS) is 11.4. The number of alkyl halides is 3. The van der Waals surface area contributed by atoms with E-state index in [1.165, 1.54) is 12.1 Å². The van der Waals surface area contributed by atoms with Crippen LogP contribution in [-0.2, 0) is 6.18 Å². The van der Waals surface area contributed by atoms with Crippen molar-refractivity contribution in [1.82, 2.24) is 5.32 Å².